The molecule has 1 N–H and O–H groups in total. The Morgan fingerprint density at radius 2 is 1.90 bits per heavy atom. The Morgan fingerprint density at radius 1 is 1.24 bits per heavy atom. The van der Waals surface area contributed by atoms with E-state index < -0.39 is 0 Å². The Labute approximate surface area is 128 Å². The standard InChI is InChI=1S/C18H25N3/c1-3-14-4-10-17(11-5-14)21(2)13-18(12-19,15-6-7-15)20-16-8-9-16/h4-5,10-11,15-16,20H,3,6-9,13H2,1-2H3. The molecule has 112 valence electrons. The van der Waals surface area contributed by atoms with E-state index in [4.69, 9.17) is 0 Å². The molecule has 0 bridgehead atoms. The number of hydrogen-bond donors (Lipinski definition) is 1. The first-order valence-corrected chi connectivity index (χ1v) is 8.16. The fourth-order valence-electron chi connectivity index (χ4n) is 3.07. The van der Waals surface area contributed by atoms with Crippen molar-refractivity contribution in [3.63, 3.8) is 0 Å². The maximum Gasteiger partial charge on any atom is 0.127 e. The van der Waals surface area contributed by atoms with Crippen LogP contribution in [0.5, 0.6) is 0 Å². The van der Waals surface area contributed by atoms with Crippen LogP contribution in [0.3, 0.4) is 0 Å². The Balaban J connectivity index is 1.73. The molecule has 1 aromatic rings. The Hall–Kier alpha value is -1.53. The van der Waals surface area contributed by atoms with Crippen molar-refractivity contribution >= 4 is 5.69 Å². The molecular formula is C18H25N3. The molecule has 2 fully saturated rings. The molecule has 0 amide bonds. The predicted molar refractivity (Wildman–Crippen MR) is 86.3 cm³/mol. The van der Waals surface area contributed by atoms with Crippen molar-refractivity contribution in [1.29, 1.82) is 5.26 Å². The monoisotopic (exact) mass is 283 g/mol. The summed E-state index contributed by atoms with van der Waals surface area (Å²) in [6.45, 7) is 2.95. The molecule has 0 aromatic heterocycles. The van der Waals surface area contributed by atoms with Crippen LogP contribution in [0.4, 0.5) is 5.69 Å². The van der Waals surface area contributed by atoms with Gasteiger partial charge >= 0.3 is 0 Å². The number of aryl methyl sites for hydroxylation is 1. The molecule has 2 aliphatic carbocycles. The summed E-state index contributed by atoms with van der Waals surface area (Å²) in [6.07, 6.45) is 5.90. The lowest BCUT2D eigenvalue weighted by atomic mass is 9.93. The molecule has 2 aliphatic rings. The number of nitriles is 1. The van der Waals surface area contributed by atoms with E-state index in [9.17, 15) is 5.26 Å². The molecule has 0 aliphatic heterocycles. The van der Waals surface area contributed by atoms with Crippen molar-refractivity contribution in [1.82, 2.24) is 5.32 Å². The highest BCUT2D eigenvalue weighted by Crippen LogP contribution is 2.42. The molecule has 1 atom stereocenters. The minimum atomic E-state index is -0.362. The van der Waals surface area contributed by atoms with Crippen molar-refractivity contribution in [3.05, 3.63) is 29.8 Å². The highest BCUT2D eigenvalue weighted by atomic mass is 15.2. The third-order valence-corrected chi connectivity index (χ3v) is 4.78. The van der Waals surface area contributed by atoms with Crippen LogP contribution in [0.15, 0.2) is 24.3 Å². The van der Waals surface area contributed by atoms with Crippen LogP contribution in [0.2, 0.25) is 0 Å². The van der Waals surface area contributed by atoms with Crippen molar-refractivity contribution in [3.8, 4) is 6.07 Å². The molecule has 21 heavy (non-hydrogen) atoms. The molecular weight excluding hydrogens is 258 g/mol. The quantitative estimate of drug-likeness (QED) is 0.835. The predicted octanol–water partition coefficient (Wildman–Crippen LogP) is 3.11. The highest BCUT2D eigenvalue weighted by Gasteiger charge is 2.48. The summed E-state index contributed by atoms with van der Waals surface area (Å²) in [4.78, 5) is 2.23. The number of hydrogen-bond acceptors (Lipinski definition) is 3. The molecule has 0 spiro atoms. The van der Waals surface area contributed by atoms with Crippen LogP contribution in [-0.4, -0.2) is 25.2 Å². The number of nitrogens with one attached hydrogen (secondary N) is 1. The fourth-order valence-corrected chi connectivity index (χ4v) is 3.07. The zero-order valence-electron chi connectivity index (χ0n) is 13.1. The first-order chi connectivity index (χ1) is 10.2. The van der Waals surface area contributed by atoms with Gasteiger partial charge < -0.3 is 4.90 Å². The van der Waals surface area contributed by atoms with E-state index in [0.29, 0.717) is 12.0 Å². The van der Waals surface area contributed by atoms with Crippen molar-refractivity contribution in [2.45, 2.75) is 50.6 Å². The summed E-state index contributed by atoms with van der Waals surface area (Å²) < 4.78 is 0. The fraction of sp³-hybridized carbons (Fsp3) is 0.611. The second kappa shape index (κ2) is 5.69. The van der Waals surface area contributed by atoms with Gasteiger partial charge in [-0.25, -0.2) is 0 Å². The van der Waals surface area contributed by atoms with Gasteiger partial charge in [-0.3, -0.25) is 5.32 Å². The zero-order chi connectivity index (χ0) is 14.9. The lowest BCUT2D eigenvalue weighted by Gasteiger charge is -2.34. The highest BCUT2D eigenvalue weighted by molar-refractivity contribution is 5.48. The van der Waals surface area contributed by atoms with Crippen LogP contribution in [0.1, 0.15) is 38.2 Å². The summed E-state index contributed by atoms with van der Waals surface area (Å²) in [5, 5.41) is 13.4. The average molecular weight is 283 g/mol. The maximum atomic E-state index is 9.80. The second-order valence-electron chi connectivity index (χ2n) is 6.65. The number of rotatable bonds is 7. The zero-order valence-corrected chi connectivity index (χ0v) is 13.1. The van der Waals surface area contributed by atoms with Crippen LogP contribution >= 0.6 is 0 Å². The van der Waals surface area contributed by atoms with E-state index >= 15 is 0 Å². The molecule has 3 nitrogen and oxygen atoms in total. The molecule has 3 rings (SSSR count). The van der Waals surface area contributed by atoms with Gasteiger partial charge in [0.25, 0.3) is 0 Å². The van der Waals surface area contributed by atoms with Crippen LogP contribution < -0.4 is 10.2 Å². The molecule has 3 heteroatoms. The van der Waals surface area contributed by atoms with E-state index in [0.717, 1.165) is 13.0 Å². The van der Waals surface area contributed by atoms with Crippen molar-refractivity contribution in [2.75, 3.05) is 18.5 Å². The Morgan fingerprint density at radius 3 is 2.38 bits per heavy atom. The third-order valence-electron chi connectivity index (χ3n) is 4.78. The van der Waals surface area contributed by atoms with E-state index in [-0.39, 0.29) is 5.54 Å². The molecule has 1 aromatic carbocycles. The first kappa shape index (κ1) is 14.4. The number of likely N-dealkylation sites (N-methyl/N-ethyl adjacent to an activating group) is 1. The molecule has 2 saturated carbocycles. The van der Waals surface area contributed by atoms with Gasteiger partial charge in [-0.1, -0.05) is 19.1 Å². The summed E-state index contributed by atoms with van der Waals surface area (Å²) in [5.41, 5.74) is 2.20. The van der Waals surface area contributed by atoms with Gasteiger partial charge in [-0.05, 0) is 55.7 Å². The smallest absolute Gasteiger partial charge is 0.127 e. The number of anilines is 1. The normalized spacial score (nSPS) is 20.6. The van der Waals surface area contributed by atoms with Crippen molar-refractivity contribution < 1.29 is 0 Å². The number of benzene rings is 1. The maximum absolute atomic E-state index is 9.80. The second-order valence-corrected chi connectivity index (χ2v) is 6.65. The molecule has 0 radical (unpaired) electrons. The van der Waals surface area contributed by atoms with Gasteiger partial charge in [-0.15, -0.1) is 0 Å². The van der Waals surface area contributed by atoms with E-state index in [1.165, 1.54) is 36.9 Å². The lowest BCUT2D eigenvalue weighted by Crippen LogP contribution is -2.54. The van der Waals surface area contributed by atoms with E-state index in [1.807, 2.05) is 0 Å². The summed E-state index contributed by atoms with van der Waals surface area (Å²) >= 11 is 0. The van der Waals surface area contributed by atoms with Gasteiger partial charge in [0, 0.05) is 25.3 Å². The average Bonchev–Trinajstić information content (AvgIpc) is 3.39. The van der Waals surface area contributed by atoms with Crippen LogP contribution in [0.25, 0.3) is 0 Å². The van der Waals surface area contributed by atoms with Crippen LogP contribution in [-0.2, 0) is 6.42 Å². The largest absolute Gasteiger partial charge is 0.372 e. The Bertz CT molecular complexity index is 522. The molecule has 0 heterocycles. The van der Waals surface area contributed by atoms with E-state index in [2.05, 4.69) is 54.5 Å². The van der Waals surface area contributed by atoms with Gasteiger partial charge in [0.1, 0.15) is 5.54 Å². The summed E-state index contributed by atoms with van der Waals surface area (Å²) in [7, 11) is 2.10. The summed E-state index contributed by atoms with van der Waals surface area (Å²) in [6, 6.07) is 11.9. The topological polar surface area (TPSA) is 39.1 Å². The van der Waals surface area contributed by atoms with E-state index in [1.54, 1.807) is 0 Å². The van der Waals surface area contributed by atoms with Gasteiger partial charge in [0.05, 0.1) is 6.07 Å². The molecule has 0 saturated heterocycles. The first-order valence-electron chi connectivity index (χ1n) is 8.16. The molecule has 1 unspecified atom stereocenters. The third kappa shape index (κ3) is 3.22. The SMILES string of the molecule is CCc1ccc(N(C)CC(C#N)(NC2CC2)C2CC2)cc1. The number of nitrogens with zero attached hydrogens (tertiary/aromatic N) is 2. The minimum absolute atomic E-state index is 0.362. The van der Waals surface area contributed by atoms with Crippen molar-refractivity contribution in [2.24, 2.45) is 5.92 Å². The van der Waals surface area contributed by atoms with Crippen LogP contribution in [0, 0.1) is 17.2 Å². The van der Waals surface area contributed by atoms with Gasteiger partial charge in [0.15, 0.2) is 0 Å². The van der Waals surface area contributed by atoms with Gasteiger partial charge in [-0.2, -0.15) is 5.26 Å². The van der Waals surface area contributed by atoms with Gasteiger partial charge in [0.2, 0.25) is 0 Å². The Kier molecular flexibility index (Phi) is 3.91. The minimum Gasteiger partial charge on any atom is -0.372 e. The summed E-state index contributed by atoms with van der Waals surface area (Å²) in [5.74, 6) is 0.528. The lowest BCUT2D eigenvalue weighted by molar-refractivity contribution is 0.365.